The van der Waals surface area contributed by atoms with Crippen molar-refractivity contribution in [1.29, 1.82) is 0 Å². The maximum atomic E-state index is 13.3. The molecule has 0 bridgehead atoms. The van der Waals surface area contributed by atoms with Crippen LogP contribution in [0.3, 0.4) is 0 Å². The molecule has 1 amide bonds. The number of alkyl halides is 3. The molecule has 0 aromatic carbocycles. The van der Waals surface area contributed by atoms with Crippen LogP contribution in [0.5, 0.6) is 0 Å². The average molecular weight is 466 g/mol. The topological polar surface area (TPSA) is 93.9 Å². The van der Waals surface area contributed by atoms with E-state index >= 15 is 0 Å². The van der Waals surface area contributed by atoms with Crippen LogP contribution in [0.1, 0.15) is 5.69 Å². The highest BCUT2D eigenvalue weighted by molar-refractivity contribution is 6.12. The average Bonchev–Trinajstić information content (AvgIpc) is 2.83. The second kappa shape index (κ2) is 8.50. The highest BCUT2D eigenvalue weighted by Gasteiger charge is 2.32. The van der Waals surface area contributed by atoms with Crippen molar-refractivity contribution in [2.45, 2.75) is 6.18 Å². The zero-order valence-corrected chi connectivity index (χ0v) is 18.0. The number of pyridine rings is 3. The maximum absolute atomic E-state index is 13.3. The van der Waals surface area contributed by atoms with E-state index in [1.54, 1.807) is 18.3 Å². The number of hydrogen-bond acceptors (Lipinski definition) is 6. The Balaban J connectivity index is 1.97. The number of carbonyl (C=O) groups is 1. The minimum Gasteiger partial charge on any atom is -0.344 e. The lowest BCUT2D eigenvalue weighted by atomic mass is 10.1. The third kappa shape index (κ3) is 4.15. The molecular weight excluding hydrogens is 449 g/mol. The smallest absolute Gasteiger partial charge is 0.344 e. The van der Waals surface area contributed by atoms with Crippen molar-refractivity contribution < 1.29 is 18.0 Å². The molecule has 11 heteroatoms. The molecule has 8 nitrogen and oxygen atoms in total. The number of carbonyl (C=O) groups excluding carboxylic acids is 1. The van der Waals surface area contributed by atoms with E-state index in [-0.39, 0.29) is 27.9 Å². The van der Waals surface area contributed by atoms with Crippen molar-refractivity contribution in [2.75, 3.05) is 14.1 Å². The van der Waals surface area contributed by atoms with Crippen LogP contribution in [-0.4, -0.2) is 49.4 Å². The first-order chi connectivity index (χ1) is 16.1. The zero-order valence-electron chi connectivity index (χ0n) is 18.0. The molecule has 0 atom stereocenters. The Bertz CT molecular complexity index is 1460. The first-order valence-electron chi connectivity index (χ1n) is 9.85. The van der Waals surface area contributed by atoms with Gasteiger partial charge in [-0.05, 0) is 30.3 Å². The lowest BCUT2D eigenvalue weighted by molar-refractivity contribution is -0.141. The lowest BCUT2D eigenvalue weighted by Gasteiger charge is -2.15. The molecule has 0 aliphatic rings. The van der Waals surface area contributed by atoms with Crippen LogP contribution >= 0.6 is 0 Å². The fourth-order valence-corrected chi connectivity index (χ4v) is 3.25. The van der Waals surface area contributed by atoms with Gasteiger partial charge in [-0.25, -0.2) is 9.97 Å². The molecule has 0 unspecified atom stereocenters. The van der Waals surface area contributed by atoms with Crippen molar-refractivity contribution in [2.24, 2.45) is 0 Å². The second-order valence-electron chi connectivity index (χ2n) is 7.49. The molecule has 0 N–H and O–H groups in total. The van der Waals surface area contributed by atoms with Gasteiger partial charge in [-0.1, -0.05) is 6.58 Å². The fraction of sp³-hybridized carbons (Fsp3) is 0.130. The van der Waals surface area contributed by atoms with Gasteiger partial charge in [0.1, 0.15) is 23.2 Å². The van der Waals surface area contributed by atoms with Crippen molar-refractivity contribution in [3.8, 4) is 22.5 Å². The van der Waals surface area contributed by atoms with Gasteiger partial charge in [0.15, 0.2) is 0 Å². The summed E-state index contributed by atoms with van der Waals surface area (Å²) in [5, 5.41) is 0.0963. The Morgan fingerprint density at radius 3 is 2.44 bits per heavy atom. The summed E-state index contributed by atoms with van der Waals surface area (Å²) in [6.45, 7) is 3.70. The van der Waals surface area contributed by atoms with E-state index < -0.39 is 23.3 Å². The van der Waals surface area contributed by atoms with Crippen LogP contribution < -0.4 is 5.56 Å². The summed E-state index contributed by atoms with van der Waals surface area (Å²) in [5.41, 5.74) is -0.195. The van der Waals surface area contributed by atoms with Gasteiger partial charge in [-0.2, -0.15) is 13.2 Å². The highest BCUT2D eigenvalue weighted by Crippen LogP contribution is 2.31. The SMILES string of the molecule is C=C(C(=O)N(C)C)n1cnc2c(-c3cccnc3)nc(-c3ccc(C(F)(F)F)nc3)cc2c1=O. The Labute approximate surface area is 191 Å². The number of likely N-dealkylation sites (N-methyl/N-ethyl adjacent to an activating group) is 1. The van der Waals surface area contributed by atoms with Crippen molar-refractivity contribution in [1.82, 2.24) is 29.4 Å². The van der Waals surface area contributed by atoms with Gasteiger partial charge >= 0.3 is 6.18 Å². The van der Waals surface area contributed by atoms with Crippen LogP contribution in [0, 0.1) is 0 Å². The molecular formula is C23H17F3N6O2. The van der Waals surface area contributed by atoms with Gasteiger partial charge < -0.3 is 4.90 Å². The molecule has 0 aliphatic carbocycles. The molecule has 4 aromatic heterocycles. The van der Waals surface area contributed by atoms with Gasteiger partial charge in [0.25, 0.3) is 11.5 Å². The summed E-state index contributed by atoms with van der Waals surface area (Å²) in [4.78, 5) is 43.4. The number of hydrogen-bond donors (Lipinski definition) is 0. The van der Waals surface area contributed by atoms with E-state index in [2.05, 4.69) is 26.5 Å². The Hall–Kier alpha value is -4.41. The van der Waals surface area contributed by atoms with Crippen LogP contribution in [-0.2, 0) is 11.0 Å². The Kier molecular flexibility index (Phi) is 5.70. The second-order valence-corrected chi connectivity index (χ2v) is 7.49. The van der Waals surface area contributed by atoms with E-state index in [1.165, 1.54) is 43.7 Å². The summed E-state index contributed by atoms with van der Waals surface area (Å²) in [6, 6.07) is 6.85. The Morgan fingerprint density at radius 2 is 1.85 bits per heavy atom. The van der Waals surface area contributed by atoms with Crippen LogP contribution in [0.4, 0.5) is 13.2 Å². The largest absolute Gasteiger partial charge is 0.433 e. The van der Waals surface area contributed by atoms with E-state index in [4.69, 9.17) is 0 Å². The molecule has 0 radical (unpaired) electrons. The van der Waals surface area contributed by atoms with E-state index in [0.29, 0.717) is 11.3 Å². The Morgan fingerprint density at radius 1 is 1.09 bits per heavy atom. The van der Waals surface area contributed by atoms with Gasteiger partial charge in [0.2, 0.25) is 0 Å². The quantitative estimate of drug-likeness (QED) is 0.428. The molecule has 34 heavy (non-hydrogen) atoms. The molecule has 4 heterocycles. The first kappa shape index (κ1) is 22.8. The number of nitrogens with zero attached hydrogens (tertiary/aromatic N) is 6. The summed E-state index contributed by atoms with van der Waals surface area (Å²) < 4.78 is 39.8. The molecule has 4 aromatic rings. The van der Waals surface area contributed by atoms with Gasteiger partial charge in [0, 0.05) is 43.8 Å². The lowest BCUT2D eigenvalue weighted by Crippen LogP contribution is -2.30. The van der Waals surface area contributed by atoms with Crippen molar-refractivity contribution in [3.63, 3.8) is 0 Å². The molecule has 4 rings (SSSR count). The van der Waals surface area contributed by atoms with E-state index in [9.17, 15) is 22.8 Å². The third-order valence-electron chi connectivity index (χ3n) is 4.97. The van der Waals surface area contributed by atoms with Crippen molar-refractivity contribution in [3.05, 3.63) is 77.9 Å². The predicted molar refractivity (Wildman–Crippen MR) is 119 cm³/mol. The highest BCUT2D eigenvalue weighted by atomic mass is 19.4. The summed E-state index contributed by atoms with van der Waals surface area (Å²) in [7, 11) is 3.04. The van der Waals surface area contributed by atoms with Gasteiger partial charge in [-0.15, -0.1) is 0 Å². The molecule has 0 spiro atoms. The van der Waals surface area contributed by atoms with Crippen LogP contribution in [0.2, 0.25) is 0 Å². The molecule has 0 fully saturated rings. The summed E-state index contributed by atoms with van der Waals surface area (Å²) in [5.74, 6) is -0.489. The van der Waals surface area contributed by atoms with E-state index in [0.717, 1.165) is 16.8 Å². The number of amides is 1. The summed E-state index contributed by atoms with van der Waals surface area (Å²) >= 11 is 0. The minimum atomic E-state index is -4.59. The summed E-state index contributed by atoms with van der Waals surface area (Å²) in [6.07, 6.45) is 0.723. The third-order valence-corrected chi connectivity index (χ3v) is 4.97. The van der Waals surface area contributed by atoms with Crippen molar-refractivity contribution >= 4 is 22.5 Å². The van der Waals surface area contributed by atoms with Gasteiger partial charge in [0.05, 0.1) is 16.8 Å². The number of fused-ring (bicyclic) bond motifs is 1. The fourth-order valence-electron chi connectivity index (χ4n) is 3.25. The molecule has 0 aliphatic heterocycles. The number of rotatable bonds is 4. The predicted octanol–water partition coefficient (Wildman–Crippen LogP) is 3.49. The minimum absolute atomic E-state index is 0.0963. The standard InChI is InChI=1S/C23H17F3N6O2/c1-13(21(33)31(2)3)32-12-29-20-16(22(32)34)9-17(30-19(20)15-5-4-8-27-10-15)14-6-7-18(28-11-14)23(24,25)26/h4-12H,1H2,2-3H3. The van der Waals surface area contributed by atoms with Gasteiger partial charge in [-0.3, -0.25) is 24.1 Å². The monoisotopic (exact) mass is 466 g/mol. The normalized spacial score (nSPS) is 11.4. The van der Waals surface area contributed by atoms with E-state index in [1.807, 2.05) is 0 Å². The number of aromatic nitrogens is 5. The number of halogens is 3. The first-order valence-corrected chi connectivity index (χ1v) is 9.85. The maximum Gasteiger partial charge on any atom is 0.433 e. The van der Waals surface area contributed by atoms with Crippen LogP contribution in [0.25, 0.3) is 39.1 Å². The molecule has 172 valence electrons. The molecule has 0 saturated heterocycles. The zero-order chi connectivity index (χ0) is 24.6. The van der Waals surface area contributed by atoms with Crippen LogP contribution in [0.15, 0.2) is 66.6 Å². The molecule has 0 saturated carbocycles.